The Hall–Kier alpha value is -3.22. The van der Waals surface area contributed by atoms with Gasteiger partial charge < -0.3 is 9.64 Å². The van der Waals surface area contributed by atoms with E-state index < -0.39 is 29.2 Å². The Kier molecular flexibility index (Phi) is 6.59. The molecule has 0 spiro atoms. The number of carbonyl (C=O) groups excluding carboxylic acids is 3. The molecule has 1 aromatic carbocycles. The smallest absolute Gasteiger partial charge is 0.310 e. The van der Waals surface area contributed by atoms with Crippen LogP contribution < -0.4 is 5.56 Å². The highest BCUT2D eigenvalue weighted by Gasteiger charge is 2.37. The molecule has 3 rings (SSSR count). The third kappa shape index (κ3) is 4.62. The number of piperidine rings is 1. The summed E-state index contributed by atoms with van der Waals surface area (Å²) in [5.74, 6) is -1.70. The highest BCUT2D eigenvalue weighted by atomic mass is 16.5. The first-order valence-electron chi connectivity index (χ1n) is 9.74. The van der Waals surface area contributed by atoms with Gasteiger partial charge in [-0.15, -0.1) is 0 Å². The lowest BCUT2D eigenvalue weighted by Crippen LogP contribution is -2.48. The van der Waals surface area contributed by atoms with E-state index in [1.54, 1.807) is 49.4 Å². The van der Waals surface area contributed by atoms with Crippen LogP contribution in [0.3, 0.4) is 0 Å². The van der Waals surface area contributed by atoms with Crippen molar-refractivity contribution in [2.24, 2.45) is 5.92 Å². The Morgan fingerprint density at radius 3 is 2.52 bits per heavy atom. The molecule has 1 fully saturated rings. The van der Waals surface area contributed by atoms with Crippen molar-refractivity contribution in [2.75, 3.05) is 19.7 Å². The van der Waals surface area contributed by atoms with E-state index in [0.29, 0.717) is 24.9 Å². The number of esters is 1. The Bertz CT molecular complexity index is 937. The molecule has 2 aromatic rings. The van der Waals surface area contributed by atoms with Crippen molar-refractivity contribution in [1.82, 2.24) is 9.47 Å². The van der Waals surface area contributed by atoms with Gasteiger partial charge in [0.1, 0.15) is 0 Å². The minimum atomic E-state index is -1.31. The monoisotopic (exact) mass is 396 g/mol. The average molecular weight is 396 g/mol. The van der Waals surface area contributed by atoms with Gasteiger partial charge in [0.15, 0.2) is 11.8 Å². The lowest BCUT2D eigenvalue weighted by Gasteiger charge is -2.34. The van der Waals surface area contributed by atoms with Crippen LogP contribution in [0.5, 0.6) is 0 Å². The highest BCUT2D eigenvalue weighted by Crippen LogP contribution is 2.23. The van der Waals surface area contributed by atoms with Crippen LogP contribution in [-0.2, 0) is 14.3 Å². The van der Waals surface area contributed by atoms with E-state index in [1.807, 2.05) is 0 Å². The van der Waals surface area contributed by atoms with Crippen LogP contribution in [0, 0.1) is 5.92 Å². The molecule has 1 saturated heterocycles. The van der Waals surface area contributed by atoms with Crippen molar-refractivity contribution in [3.63, 3.8) is 0 Å². The number of aromatic nitrogens is 1. The number of nitrogens with zero attached hydrogens (tertiary/aromatic N) is 2. The fraction of sp³-hybridized carbons (Fsp3) is 0.364. The number of hydrogen-bond acceptors (Lipinski definition) is 5. The van der Waals surface area contributed by atoms with E-state index in [0.717, 1.165) is 4.57 Å². The van der Waals surface area contributed by atoms with E-state index in [9.17, 15) is 19.2 Å². The molecular weight excluding hydrogens is 372 g/mol. The van der Waals surface area contributed by atoms with Crippen LogP contribution in [0.1, 0.15) is 36.2 Å². The van der Waals surface area contributed by atoms with Crippen molar-refractivity contribution < 1.29 is 19.1 Å². The third-order valence-corrected chi connectivity index (χ3v) is 5.02. The molecular formula is C22H24N2O5. The van der Waals surface area contributed by atoms with Gasteiger partial charge in [-0.3, -0.25) is 23.7 Å². The first-order chi connectivity index (χ1) is 14.0. The maximum Gasteiger partial charge on any atom is 0.310 e. The Morgan fingerprint density at radius 2 is 1.83 bits per heavy atom. The quantitative estimate of drug-likeness (QED) is 0.424. The number of pyridine rings is 1. The SMILES string of the molecule is CCOC(=O)[C@H]1CCCN(C(=O)[C@H](C(=O)c2ccccc2)n2ccccc2=O)C1. The normalized spacial score (nSPS) is 17.4. The summed E-state index contributed by atoms with van der Waals surface area (Å²) in [4.78, 5) is 52.6. The minimum absolute atomic E-state index is 0.178. The molecule has 0 aliphatic carbocycles. The highest BCUT2D eigenvalue weighted by molar-refractivity contribution is 6.11. The number of rotatable bonds is 6. The summed E-state index contributed by atoms with van der Waals surface area (Å²) in [6, 6.07) is 11.6. The third-order valence-electron chi connectivity index (χ3n) is 5.02. The molecule has 0 saturated carbocycles. The second-order valence-electron chi connectivity index (χ2n) is 6.95. The van der Waals surface area contributed by atoms with Crippen molar-refractivity contribution in [3.8, 4) is 0 Å². The molecule has 0 unspecified atom stereocenters. The zero-order chi connectivity index (χ0) is 20.8. The van der Waals surface area contributed by atoms with Gasteiger partial charge in [0.25, 0.3) is 11.5 Å². The van der Waals surface area contributed by atoms with E-state index in [4.69, 9.17) is 4.74 Å². The van der Waals surface area contributed by atoms with Gasteiger partial charge in [0, 0.05) is 30.9 Å². The molecule has 0 bridgehead atoms. The molecule has 1 amide bonds. The fourth-order valence-electron chi connectivity index (χ4n) is 3.57. The summed E-state index contributed by atoms with van der Waals surface area (Å²) in [6.45, 7) is 2.62. The van der Waals surface area contributed by atoms with Crippen molar-refractivity contribution in [3.05, 3.63) is 70.6 Å². The summed E-state index contributed by atoms with van der Waals surface area (Å²) >= 11 is 0. The number of amides is 1. The largest absolute Gasteiger partial charge is 0.466 e. The molecule has 0 N–H and O–H groups in total. The number of ketones is 1. The van der Waals surface area contributed by atoms with E-state index >= 15 is 0 Å². The minimum Gasteiger partial charge on any atom is -0.466 e. The topological polar surface area (TPSA) is 85.7 Å². The second kappa shape index (κ2) is 9.32. The van der Waals surface area contributed by atoms with Crippen LogP contribution in [0.25, 0.3) is 0 Å². The van der Waals surface area contributed by atoms with Crippen LogP contribution in [0.15, 0.2) is 59.5 Å². The summed E-state index contributed by atoms with van der Waals surface area (Å²) in [5.41, 5.74) is -0.0883. The molecule has 1 aromatic heterocycles. The number of Topliss-reactive ketones (excluding diaryl/α,β-unsaturated/α-hetero) is 1. The van der Waals surface area contributed by atoms with Crippen molar-refractivity contribution in [1.29, 1.82) is 0 Å². The zero-order valence-electron chi connectivity index (χ0n) is 16.3. The molecule has 2 atom stereocenters. The molecule has 1 aliphatic heterocycles. The molecule has 152 valence electrons. The summed E-state index contributed by atoms with van der Waals surface area (Å²) < 4.78 is 6.25. The molecule has 7 heteroatoms. The van der Waals surface area contributed by atoms with Crippen LogP contribution in [0.4, 0.5) is 0 Å². The second-order valence-corrected chi connectivity index (χ2v) is 6.95. The molecule has 1 aliphatic rings. The molecule has 0 radical (unpaired) electrons. The fourth-order valence-corrected chi connectivity index (χ4v) is 3.57. The maximum atomic E-state index is 13.4. The van der Waals surface area contributed by atoms with Crippen molar-refractivity contribution in [2.45, 2.75) is 25.8 Å². The average Bonchev–Trinajstić information content (AvgIpc) is 2.76. The standard InChI is InChI=1S/C22H24N2O5/c1-2-29-22(28)17-11-8-13-23(15-17)21(27)19(24-14-7-6-12-18(24)25)20(26)16-9-4-3-5-10-16/h3-7,9-10,12,14,17,19H,2,8,11,13,15H2,1H3/t17-,19-/m0/s1. The summed E-state index contributed by atoms with van der Waals surface area (Å²) in [5, 5.41) is 0. The Labute approximate surface area is 168 Å². The predicted molar refractivity (Wildman–Crippen MR) is 106 cm³/mol. The molecule has 29 heavy (non-hydrogen) atoms. The first kappa shape index (κ1) is 20.5. The Morgan fingerprint density at radius 1 is 1.10 bits per heavy atom. The first-order valence-corrected chi connectivity index (χ1v) is 9.74. The maximum absolute atomic E-state index is 13.4. The van der Waals surface area contributed by atoms with Crippen LogP contribution in [-0.4, -0.2) is 46.8 Å². The van der Waals surface area contributed by atoms with Gasteiger partial charge in [-0.1, -0.05) is 36.4 Å². The van der Waals surface area contributed by atoms with Gasteiger partial charge in [0.2, 0.25) is 0 Å². The number of carbonyl (C=O) groups is 3. The lowest BCUT2D eigenvalue weighted by atomic mass is 9.96. The lowest BCUT2D eigenvalue weighted by molar-refractivity contribution is -0.151. The predicted octanol–water partition coefficient (Wildman–Crippen LogP) is 2.07. The number of hydrogen-bond donors (Lipinski definition) is 0. The zero-order valence-corrected chi connectivity index (χ0v) is 16.3. The van der Waals surface area contributed by atoms with Gasteiger partial charge in [-0.25, -0.2) is 0 Å². The van der Waals surface area contributed by atoms with E-state index in [-0.39, 0.29) is 19.1 Å². The molecule has 2 heterocycles. The van der Waals surface area contributed by atoms with E-state index in [1.165, 1.54) is 17.2 Å². The Balaban J connectivity index is 1.93. The number of likely N-dealkylation sites (tertiary alicyclic amines) is 1. The van der Waals surface area contributed by atoms with Crippen LogP contribution >= 0.6 is 0 Å². The van der Waals surface area contributed by atoms with E-state index in [2.05, 4.69) is 0 Å². The van der Waals surface area contributed by atoms with Gasteiger partial charge in [-0.05, 0) is 25.8 Å². The summed E-state index contributed by atoms with van der Waals surface area (Å²) in [6.07, 6.45) is 2.70. The van der Waals surface area contributed by atoms with Gasteiger partial charge in [0.05, 0.1) is 12.5 Å². The van der Waals surface area contributed by atoms with Crippen molar-refractivity contribution >= 4 is 17.7 Å². The van der Waals surface area contributed by atoms with Gasteiger partial charge >= 0.3 is 5.97 Å². The number of benzene rings is 1. The van der Waals surface area contributed by atoms with Gasteiger partial charge in [-0.2, -0.15) is 0 Å². The number of ether oxygens (including phenoxy) is 1. The summed E-state index contributed by atoms with van der Waals surface area (Å²) in [7, 11) is 0. The van der Waals surface area contributed by atoms with Crippen LogP contribution in [0.2, 0.25) is 0 Å². The molecule has 7 nitrogen and oxygen atoms in total.